The summed E-state index contributed by atoms with van der Waals surface area (Å²) in [6, 6.07) is 6.20. The molecule has 2 aliphatic heterocycles. The number of amides is 3. The zero-order valence-electron chi connectivity index (χ0n) is 14.4. The van der Waals surface area contributed by atoms with Gasteiger partial charge in [0.25, 0.3) is 0 Å². The molecular formula is C17H21N3O5. The normalized spacial score (nSPS) is 25.2. The SMILES string of the molecule is CC(C)(C)OC(=O)N1C[C@]2(C[C@H]1C(N)=O)OC(=O)Nc1ccccc12. The number of primary amides is 1. The van der Waals surface area contributed by atoms with Crippen molar-refractivity contribution < 1.29 is 23.9 Å². The van der Waals surface area contributed by atoms with Crippen molar-refractivity contribution in [1.82, 2.24) is 4.90 Å². The van der Waals surface area contributed by atoms with E-state index >= 15 is 0 Å². The Balaban J connectivity index is 1.99. The molecule has 0 aromatic heterocycles. The van der Waals surface area contributed by atoms with E-state index in [1.54, 1.807) is 45.0 Å². The molecule has 1 spiro atoms. The van der Waals surface area contributed by atoms with Crippen LogP contribution in [0.5, 0.6) is 0 Å². The second-order valence-electron chi connectivity index (χ2n) is 7.28. The number of likely N-dealkylation sites (tertiary alicyclic amines) is 1. The molecule has 3 N–H and O–H groups in total. The number of carbonyl (C=O) groups is 3. The third-order valence-corrected chi connectivity index (χ3v) is 4.22. The average molecular weight is 347 g/mol. The van der Waals surface area contributed by atoms with Crippen LogP contribution >= 0.6 is 0 Å². The lowest BCUT2D eigenvalue weighted by molar-refractivity contribution is -0.122. The van der Waals surface area contributed by atoms with E-state index in [0.717, 1.165) is 0 Å². The number of ether oxygens (including phenoxy) is 2. The van der Waals surface area contributed by atoms with Gasteiger partial charge in [0.05, 0.1) is 12.2 Å². The van der Waals surface area contributed by atoms with Gasteiger partial charge in [-0.25, -0.2) is 9.59 Å². The minimum Gasteiger partial charge on any atom is -0.444 e. The monoisotopic (exact) mass is 347 g/mol. The van der Waals surface area contributed by atoms with E-state index in [4.69, 9.17) is 15.2 Å². The number of anilines is 1. The first-order valence-electron chi connectivity index (χ1n) is 8.00. The second kappa shape index (κ2) is 5.65. The molecule has 0 radical (unpaired) electrons. The van der Waals surface area contributed by atoms with Crippen molar-refractivity contribution in [2.45, 2.75) is 44.4 Å². The minimum atomic E-state index is -1.13. The second-order valence-corrected chi connectivity index (χ2v) is 7.28. The summed E-state index contributed by atoms with van der Waals surface area (Å²) in [7, 11) is 0. The van der Waals surface area contributed by atoms with E-state index in [2.05, 4.69) is 5.32 Å². The summed E-state index contributed by atoms with van der Waals surface area (Å²) in [4.78, 5) is 37.7. The van der Waals surface area contributed by atoms with Crippen molar-refractivity contribution in [2.75, 3.05) is 11.9 Å². The number of hydrogen-bond acceptors (Lipinski definition) is 5. The average Bonchev–Trinajstić information content (AvgIpc) is 2.86. The summed E-state index contributed by atoms with van der Waals surface area (Å²) in [5.41, 5.74) is 4.93. The number of benzene rings is 1. The van der Waals surface area contributed by atoms with E-state index < -0.39 is 35.3 Å². The van der Waals surface area contributed by atoms with Crippen LogP contribution < -0.4 is 11.1 Å². The van der Waals surface area contributed by atoms with E-state index in [9.17, 15) is 14.4 Å². The highest BCUT2D eigenvalue weighted by Gasteiger charge is 2.55. The maximum absolute atomic E-state index is 12.5. The summed E-state index contributed by atoms with van der Waals surface area (Å²) < 4.78 is 10.9. The number of hydrogen-bond donors (Lipinski definition) is 2. The van der Waals surface area contributed by atoms with Crippen LogP contribution in [0.15, 0.2) is 24.3 Å². The zero-order valence-corrected chi connectivity index (χ0v) is 14.4. The number of rotatable bonds is 1. The summed E-state index contributed by atoms with van der Waals surface area (Å²) >= 11 is 0. The first-order chi connectivity index (χ1) is 11.6. The minimum absolute atomic E-state index is 0.0000463. The summed E-state index contributed by atoms with van der Waals surface area (Å²) in [6.45, 7) is 5.20. The standard InChI is InChI=1S/C17H21N3O5/c1-16(2,3)25-15(23)20-9-17(8-12(20)13(18)21)10-6-4-5-7-11(10)19-14(22)24-17/h4-7,12H,8-9H2,1-3H3,(H2,18,21)(H,19,22)/t12-,17-/m0/s1. The Hall–Kier alpha value is -2.77. The molecular weight excluding hydrogens is 326 g/mol. The number of nitrogens with two attached hydrogens (primary N) is 1. The van der Waals surface area contributed by atoms with Crippen LogP contribution in [0.4, 0.5) is 15.3 Å². The molecule has 3 rings (SSSR count). The van der Waals surface area contributed by atoms with Gasteiger partial charge in [-0.15, -0.1) is 0 Å². The fourth-order valence-corrected chi connectivity index (χ4v) is 3.27. The highest BCUT2D eigenvalue weighted by atomic mass is 16.6. The molecule has 3 amide bonds. The van der Waals surface area contributed by atoms with E-state index in [-0.39, 0.29) is 13.0 Å². The Labute approximate surface area is 145 Å². The van der Waals surface area contributed by atoms with Gasteiger partial charge in [-0.3, -0.25) is 15.0 Å². The Kier molecular flexibility index (Phi) is 3.85. The highest BCUT2D eigenvalue weighted by molar-refractivity contribution is 5.90. The fourth-order valence-electron chi connectivity index (χ4n) is 3.27. The summed E-state index contributed by atoms with van der Waals surface area (Å²) in [5, 5.41) is 2.63. The van der Waals surface area contributed by atoms with E-state index in [1.165, 1.54) is 4.90 Å². The van der Waals surface area contributed by atoms with Crippen LogP contribution in [0.2, 0.25) is 0 Å². The van der Waals surface area contributed by atoms with Gasteiger partial charge in [0, 0.05) is 12.0 Å². The van der Waals surface area contributed by atoms with Crippen molar-refractivity contribution in [3.63, 3.8) is 0 Å². The van der Waals surface area contributed by atoms with Crippen LogP contribution in [0.3, 0.4) is 0 Å². The first kappa shape index (κ1) is 17.1. The Morgan fingerprint density at radius 3 is 2.68 bits per heavy atom. The van der Waals surface area contributed by atoms with Gasteiger partial charge in [-0.1, -0.05) is 18.2 Å². The molecule has 8 heteroatoms. The maximum Gasteiger partial charge on any atom is 0.412 e. The highest BCUT2D eigenvalue weighted by Crippen LogP contribution is 2.45. The maximum atomic E-state index is 12.5. The van der Waals surface area contributed by atoms with Crippen molar-refractivity contribution >= 4 is 23.8 Å². The Morgan fingerprint density at radius 1 is 1.36 bits per heavy atom. The van der Waals surface area contributed by atoms with Gasteiger partial charge < -0.3 is 15.2 Å². The van der Waals surface area contributed by atoms with Crippen molar-refractivity contribution in [1.29, 1.82) is 0 Å². The molecule has 134 valence electrons. The van der Waals surface area contributed by atoms with Gasteiger partial charge >= 0.3 is 12.2 Å². The van der Waals surface area contributed by atoms with Crippen molar-refractivity contribution in [3.05, 3.63) is 29.8 Å². The lowest BCUT2D eigenvalue weighted by Gasteiger charge is -2.35. The van der Waals surface area contributed by atoms with Gasteiger partial charge in [0.15, 0.2) is 5.60 Å². The molecule has 1 saturated heterocycles. The number of carbonyl (C=O) groups excluding carboxylic acids is 3. The molecule has 1 fully saturated rings. The lowest BCUT2D eigenvalue weighted by Crippen LogP contribution is -2.46. The molecule has 2 atom stereocenters. The molecule has 0 saturated carbocycles. The summed E-state index contributed by atoms with van der Waals surface area (Å²) in [5.74, 6) is -0.671. The smallest absolute Gasteiger partial charge is 0.412 e. The topological polar surface area (TPSA) is 111 Å². The van der Waals surface area contributed by atoms with Gasteiger partial charge in [-0.05, 0) is 26.8 Å². The summed E-state index contributed by atoms with van der Waals surface area (Å²) in [6.07, 6.45) is -1.21. The van der Waals surface area contributed by atoms with Gasteiger partial charge in [-0.2, -0.15) is 0 Å². The molecule has 0 unspecified atom stereocenters. The van der Waals surface area contributed by atoms with Crippen LogP contribution in [0.25, 0.3) is 0 Å². The quantitative estimate of drug-likeness (QED) is 0.806. The molecule has 1 aromatic rings. The van der Waals surface area contributed by atoms with Gasteiger partial charge in [0.2, 0.25) is 5.91 Å². The fraction of sp³-hybridized carbons (Fsp3) is 0.471. The predicted molar refractivity (Wildman–Crippen MR) is 88.8 cm³/mol. The Morgan fingerprint density at radius 2 is 2.04 bits per heavy atom. The predicted octanol–water partition coefficient (Wildman–Crippen LogP) is 1.94. The number of nitrogens with one attached hydrogen (secondary N) is 1. The third kappa shape index (κ3) is 3.11. The van der Waals surface area contributed by atoms with Crippen LogP contribution in [0, 0.1) is 0 Å². The molecule has 25 heavy (non-hydrogen) atoms. The largest absolute Gasteiger partial charge is 0.444 e. The van der Waals surface area contributed by atoms with E-state index in [1.807, 2.05) is 0 Å². The number of para-hydroxylation sites is 1. The van der Waals surface area contributed by atoms with Crippen LogP contribution in [0.1, 0.15) is 32.8 Å². The van der Waals surface area contributed by atoms with Crippen molar-refractivity contribution in [2.24, 2.45) is 5.73 Å². The third-order valence-electron chi connectivity index (χ3n) is 4.22. The lowest BCUT2D eigenvalue weighted by atomic mass is 9.88. The number of nitrogens with zero attached hydrogens (tertiary/aromatic N) is 1. The molecule has 2 aliphatic rings. The molecule has 0 bridgehead atoms. The Bertz CT molecular complexity index is 742. The van der Waals surface area contributed by atoms with Crippen LogP contribution in [-0.4, -0.2) is 41.2 Å². The molecule has 1 aromatic carbocycles. The number of fused-ring (bicyclic) bond motifs is 2. The van der Waals surface area contributed by atoms with Gasteiger partial charge in [0.1, 0.15) is 11.6 Å². The van der Waals surface area contributed by atoms with Crippen molar-refractivity contribution in [3.8, 4) is 0 Å². The molecule has 0 aliphatic carbocycles. The molecule has 8 nitrogen and oxygen atoms in total. The first-order valence-corrected chi connectivity index (χ1v) is 8.00. The molecule has 2 heterocycles. The van der Waals surface area contributed by atoms with Crippen LogP contribution in [-0.2, 0) is 19.9 Å². The zero-order chi connectivity index (χ0) is 18.4. The van der Waals surface area contributed by atoms with E-state index in [0.29, 0.717) is 11.3 Å².